The van der Waals surface area contributed by atoms with Gasteiger partial charge < -0.3 is 19.5 Å². The number of nitrogens with zero attached hydrogens (tertiary/aromatic N) is 1. The van der Waals surface area contributed by atoms with Crippen LogP contribution < -0.4 is 15.9 Å². The zero-order valence-electron chi connectivity index (χ0n) is 29.7. The smallest absolute Gasteiger partial charge is 0.353 e. The fourth-order valence-corrected chi connectivity index (χ4v) is 12.5. The van der Waals surface area contributed by atoms with E-state index in [9.17, 15) is 24.6 Å². The van der Waals surface area contributed by atoms with Crippen molar-refractivity contribution in [2.75, 3.05) is 6.61 Å². The van der Waals surface area contributed by atoms with Crippen LogP contribution in [-0.2, 0) is 20.4 Å². The molecule has 50 heavy (non-hydrogen) atoms. The molecule has 7 nitrogen and oxygen atoms in total. The molecule has 1 fully saturated rings. The molecule has 1 aliphatic heterocycles. The van der Waals surface area contributed by atoms with Crippen molar-refractivity contribution in [3.05, 3.63) is 126 Å². The number of hydrogen-bond donors (Lipinski definition) is 2. The van der Waals surface area contributed by atoms with E-state index in [-0.39, 0.29) is 35.2 Å². The highest BCUT2D eigenvalue weighted by atomic mass is 31.2. The molecule has 3 atom stereocenters. The van der Waals surface area contributed by atoms with Crippen molar-refractivity contribution in [2.45, 2.75) is 70.8 Å². The molecule has 1 saturated heterocycles. The largest absolute Gasteiger partial charge is 0.477 e. The predicted molar refractivity (Wildman–Crippen MR) is 206 cm³/mol. The topological polar surface area (TPSA) is 104 Å². The molecular formula is C41H48NO6PSi. The highest BCUT2D eigenvalue weighted by Crippen LogP contribution is 2.50. The summed E-state index contributed by atoms with van der Waals surface area (Å²) in [7, 11) is -2.35. The third-order valence-corrected chi connectivity index (χ3v) is 19.1. The Kier molecular flexibility index (Phi) is 11.2. The number of carbonyl (C=O) groups is 3. The summed E-state index contributed by atoms with van der Waals surface area (Å²) in [6.07, 6.45) is -0.140. The van der Waals surface area contributed by atoms with Gasteiger partial charge in [-0.15, -0.1) is 0 Å². The van der Waals surface area contributed by atoms with Crippen molar-refractivity contribution in [3.8, 4) is 0 Å². The number of carbonyl (C=O) groups excluding carboxylic acids is 2. The van der Waals surface area contributed by atoms with Crippen molar-refractivity contribution in [1.29, 1.82) is 0 Å². The molecule has 4 aromatic rings. The molecule has 2 N–H and O–H groups in total. The van der Waals surface area contributed by atoms with Crippen LogP contribution in [0.3, 0.4) is 0 Å². The molecule has 4 aromatic carbocycles. The van der Waals surface area contributed by atoms with Gasteiger partial charge in [0.05, 0.1) is 18.1 Å². The highest BCUT2D eigenvalue weighted by Gasteiger charge is 2.57. The maximum atomic E-state index is 14.7. The van der Waals surface area contributed by atoms with E-state index < -0.39 is 39.2 Å². The number of rotatable bonds is 13. The first-order valence-corrected chi connectivity index (χ1v) is 21.8. The fourth-order valence-electron chi connectivity index (χ4n) is 6.75. The first kappa shape index (κ1) is 37.2. The lowest BCUT2D eigenvalue weighted by Gasteiger charge is -2.52. The van der Waals surface area contributed by atoms with Crippen LogP contribution >= 0.6 is 6.89 Å². The number of aliphatic hydroxyl groups excluding tert-OH is 1. The Labute approximate surface area is 297 Å². The zero-order valence-corrected chi connectivity index (χ0v) is 31.6. The minimum absolute atomic E-state index is 0.00311. The summed E-state index contributed by atoms with van der Waals surface area (Å²) >= 11 is 0. The van der Waals surface area contributed by atoms with E-state index in [1.165, 1.54) is 4.90 Å². The van der Waals surface area contributed by atoms with E-state index in [0.717, 1.165) is 21.5 Å². The number of likely N-dealkylation sites (tertiary alicyclic amines) is 1. The van der Waals surface area contributed by atoms with E-state index in [2.05, 4.69) is 33.9 Å². The van der Waals surface area contributed by atoms with Crippen molar-refractivity contribution in [2.24, 2.45) is 5.92 Å². The minimum atomic E-state index is -3.21. The van der Waals surface area contributed by atoms with Gasteiger partial charge in [-0.2, -0.15) is 0 Å². The summed E-state index contributed by atoms with van der Waals surface area (Å²) in [4.78, 5) is 44.2. The third-order valence-electron chi connectivity index (χ3n) is 10.3. The van der Waals surface area contributed by atoms with E-state index in [0.29, 0.717) is 12.0 Å². The first-order chi connectivity index (χ1) is 23.7. The molecule has 0 unspecified atom stereocenters. The van der Waals surface area contributed by atoms with E-state index >= 15 is 0 Å². The van der Waals surface area contributed by atoms with Gasteiger partial charge in [0.1, 0.15) is 5.42 Å². The number of carboxylic acids is 1. The molecular weight excluding hydrogens is 662 g/mol. The lowest BCUT2D eigenvalue weighted by atomic mass is 9.79. The van der Waals surface area contributed by atoms with Gasteiger partial charge in [0.25, 0.3) is 0 Å². The highest BCUT2D eigenvalue weighted by molar-refractivity contribution is 7.96. The molecule has 5 rings (SSSR count). The maximum Gasteiger partial charge on any atom is 0.353 e. The number of ketones is 1. The van der Waals surface area contributed by atoms with Crippen LogP contribution in [0.2, 0.25) is 18.1 Å². The average molecular weight is 710 g/mol. The fraction of sp³-hybridized carbons (Fsp3) is 0.317. The minimum Gasteiger partial charge on any atom is -0.477 e. The Balaban J connectivity index is 1.76. The normalized spacial score (nSPS) is 17.2. The molecule has 0 radical (unpaired) electrons. The van der Waals surface area contributed by atoms with Gasteiger partial charge in [-0.1, -0.05) is 136 Å². The van der Waals surface area contributed by atoms with Gasteiger partial charge in [0.15, 0.2) is 14.1 Å². The molecule has 1 heterocycles. The van der Waals surface area contributed by atoms with Crippen LogP contribution in [0, 0.1) is 5.92 Å². The number of Topliss-reactive ketones (excluding diaryl/α,β-unsaturated/α-hetero) is 1. The summed E-state index contributed by atoms with van der Waals surface area (Å²) < 4.78 is 6.77. The van der Waals surface area contributed by atoms with Crippen LogP contribution in [-0.4, -0.2) is 65.3 Å². The molecule has 0 saturated carbocycles. The van der Waals surface area contributed by atoms with Gasteiger partial charge in [-0.05, 0) is 53.0 Å². The molecule has 0 aromatic heterocycles. The van der Waals surface area contributed by atoms with Crippen LogP contribution in [0.1, 0.15) is 50.0 Å². The van der Waals surface area contributed by atoms with Crippen LogP contribution in [0.15, 0.2) is 115 Å². The SMILES string of the molecule is C[C@@H](O[Si](C)(C)C(C)(C)C)[C@H]1C(=O)N(C(C(=O)O)=P(c2ccccc2)(c2ccccc2)c2ccccc2)[C@@H]1CC(=O)c1ccc(CCO)cc1. The van der Waals surface area contributed by atoms with Gasteiger partial charge >= 0.3 is 5.97 Å². The quantitative estimate of drug-likeness (QED) is 0.0738. The number of hydrogen-bond acceptors (Lipinski definition) is 5. The number of β-lactam (4-membered cyclic amide) rings is 1. The first-order valence-electron chi connectivity index (χ1n) is 17.1. The Hall–Kier alpha value is -4.07. The average Bonchev–Trinajstić information content (AvgIpc) is 3.09. The van der Waals surface area contributed by atoms with E-state index in [4.69, 9.17) is 4.43 Å². The Bertz CT molecular complexity index is 1770. The monoisotopic (exact) mass is 709 g/mol. The van der Waals surface area contributed by atoms with Gasteiger partial charge in [0.2, 0.25) is 5.91 Å². The predicted octanol–water partition coefficient (Wildman–Crippen LogP) is 6.24. The number of carboxylic acid groups (broad SMARTS) is 1. The standard InChI is InChI=1S/C41H48NO6PSi/c1-29(48-50(5,6)41(2,3)4)37-35(28-36(44)31-24-22-30(23-25-31)26-27-43)42(38(37)45)39(40(46)47)49(32-16-10-7-11-17-32,33-18-12-8-13-19-33)34-20-14-9-15-21-34/h7-25,29,35,37,43H,26-28H2,1-6H3,(H,46,47)/t29-,35-,37-/m1/s1. The Morgan fingerprint density at radius 1 is 0.820 bits per heavy atom. The second-order valence-corrected chi connectivity index (χ2v) is 22.6. The van der Waals surface area contributed by atoms with E-state index in [1.807, 2.05) is 110 Å². The Morgan fingerprint density at radius 2 is 1.28 bits per heavy atom. The maximum absolute atomic E-state index is 14.7. The van der Waals surface area contributed by atoms with Gasteiger partial charge in [-0.25, -0.2) is 4.79 Å². The molecule has 0 spiro atoms. The van der Waals surface area contributed by atoms with Crippen molar-refractivity contribution >= 4 is 54.2 Å². The summed E-state index contributed by atoms with van der Waals surface area (Å²) in [5.74, 6) is -2.47. The lowest BCUT2D eigenvalue weighted by Crippen LogP contribution is -2.69. The third kappa shape index (κ3) is 7.08. The molecule has 1 aliphatic rings. The second kappa shape index (κ2) is 15.0. The molecule has 0 aliphatic carbocycles. The number of aliphatic hydroxyl groups is 1. The van der Waals surface area contributed by atoms with Crippen LogP contribution in [0.25, 0.3) is 0 Å². The molecule has 1 amide bonds. The van der Waals surface area contributed by atoms with Crippen LogP contribution in [0.4, 0.5) is 0 Å². The van der Waals surface area contributed by atoms with Crippen LogP contribution in [0.5, 0.6) is 0 Å². The molecule has 262 valence electrons. The molecule has 9 heteroatoms. The summed E-state index contributed by atoms with van der Waals surface area (Å²) in [6.45, 7) is 9.34. The number of aliphatic carboxylic acids is 1. The Morgan fingerprint density at radius 3 is 1.68 bits per heavy atom. The molecule has 0 bridgehead atoms. The zero-order chi connectivity index (χ0) is 36.3. The van der Waals surface area contributed by atoms with Crippen molar-refractivity contribution in [3.63, 3.8) is 0 Å². The second-order valence-electron chi connectivity index (χ2n) is 14.5. The van der Waals surface area contributed by atoms with Gasteiger partial charge in [-0.3, -0.25) is 9.59 Å². The summed E-state index contributed by atoms with van der Waals surface area (Å²) in [5.41, 5.74) is 1.36. The number of benzene rings is 4. The summed E-state index contributed by atoms with van der Waals surface area (Å²) in [6, 6.07) is 35.1. The van der Waals surface area contributed by atoms with Crippen molar-refractivity contribution in [1.82, 2.24) is 4.90 Å². The number of amides is 1. The van der Waals surface area contributed by atoms with Gasteiger partial charge in [0, 0.05) is 25.5 Å². The van der Waals surface area contributed by atoms with E-state index in [1.54, 1.807) is 12.1 Å². The van der Waals surface area contributed by atoms with Crippen molar-refractivity contribution < 1.29 is 29.0 Å². The lowest BCUT2D eigenvalue weighted by molar-refractivity contribution is -0.155. The summed E-state index contributed by atoms with van der Waals surface area (Å²) in [5, 5.41) is 23.0.